The van der Waals surface area contributed by atoms with Gasteiger partial charge in [0.25, 0.3) is 5.91 Å². The van der Waals surface area contributed by atoms with Crippen LogP contribution >= 0.6 is 0 Å². The van der Waals surface area contributed by atoms with Gasteiger partial charge in [-0.25, -0.2) is 9.07 Å². The van der Waals surface area contributed by atoms with E-state index in [1.54, 1.807) is 22.9 Å². The number of nitrogens with zero attached hydrogens (tertiary/aromatic N) is 2. The van der Waals surface area contributed by atoms with Crippen molar-refractivity contribution in [3.8, 4) is 5.69 Å². The van der Waals surface area contributed by atoms with Crippen molar-refractivity contribution >= 4 is 5.91 Å². The third-order valence-corrected chi connectivity index (χ3v) is 3.08. The predicted octanol–water partition coefficient (Wildman–Crippen LogP) is 3.05. The van der Waals surface area contributed by atoms with E-state index < -0.39 is 0 Å². The second-order valence-corrected chi connectivity index (χ2v) is 4.99. The maximum absolute atomic E-state index is 13.0. The highest BCUT2D eigenvalue weighted by Gasteiger charge is 2.20. The Balaban J connectivity index is 2.43. The molecule has 1 N–H and O–H groups in total. The van der Waals surface area contributed by atoms with Crippen molar-refractivity contribution in [3.63, 3.8) is 0 Å². The zero-order chi connectivity index (χ0) is 15.4. The summed E-state index contributed by atoms with van der Waals surface area (Å²) in [4.78, 5) is 12.2. The highest BCUT2D eigenvalue weighted by Crippen LogP contribution is 2.23. The Morgan fingerprint density at radius 3 is 2.67 bits per heavy atom. The molecule has 1 amide bonds. The van der Waals surface area contributed by atoms with Gasteiger partial charge in [-0.2, -0.15) is 5.10 Å². The second kappa shape index (κ2) is 6.35. The van der Waals surface area contributed by atoms with Crippen LogP contribution in [0.2, 0.25) is 0 Å². The molecular formula is C16H18FN3O. The Labute approximate surface area is 123 Å². The minimum Gasteiger partial charge on any atom is -0.348 e. The summed E-state index contributed by atoms with van der Waals surface area (Å²) in [5.41, 5.74) is 2.04. The first-order valence-corrected chi connectivity index (χ1v) is 6.77. The monoisotopic (exact) mass is 287 g/mol. The number of carbonyl (C=O) groups excluding carboxylic acids is 1. The van der Waals surface area contributed by atoms with Crippen LogP contribution in [0.15, 0.2) is 43.1 Å². The molecule has 0 aliphatic carbocycles. The Hall–Kier alpha value is -2.43. The number of hydrogen-bond donors (Lipinski definition) is 1. The molecule has 0 saturated heterocycles. The molecule has 5 heteroatoms. The van der Waals surface area contributed by atoms with Gasteiger partial charge in [0.2, 0.25) is 0 Å². The highest BCUT2D eigenvalue weighted by molar-refractivity contribution is 5.95. The Morgan fingerprint density at radius 1 is 1.43 bits per heavy atom. The van der Waals surface area contributed by atoms with Crippen LogP contribution in [0.4, 0.5) is 4.39 Å². The summed E-state index contributed by atoms with van der Waals surface area (Å²) in [5, 5.41) is 7.02. The predicted molar refractivity (Wildman–Crippen MR) is 80.1 cm³/mol. The lowest BCUT2D eigenvalue weighted by Gasteiger charge is -2.12. The lowest BCUT2D eigenvalue weighted by atomic mass is 10.1. The SMILES string of the molecule is C=CCNC(=O)c1cnn(-c2ccc(F)cc2)c1C(C)C. The van der Waals surface area contributed by atoms with Gasteiger partial charge in [-0.1, -0.05) is 19.9 Å². The van der Waals surface area contributed by atoms with Crippen molar-refractivity contribution in [1.82, 2.24) is 15.1 Å². The van der Waals surface area contributed by atoms with Crippen LogP contribution in [0.5, 0.6) is 0 Å². The van der Waals surface area contributed by atoms with E-state index in [2.05, 4.69) is 17.0 Å². The van der Waals surface area contributed by atoms with Crippen LogP contribution in [0.25, 0.3) is 5.69 Å². The van der Waals surface area contributed by atoms with Gasteiger partial charge in [0.05, 0.1) is 23.1 Å². The summed E-state index contributed by atoms with van der Waals surface area (Å²) in [6, 6.07) is 6.02. The number of aromatic nitrogens is 2. The molecule has 0 unspecified atom stereocenters. The normalized spacial score (nSPS) is 10.7. The first-order chi connectivity index (χ1) is 10.0. The first-order valence-electron chi connectivity index (χ1n) is 6.77. The van der Waals surface area contributed by atoms with E-state index in [0.717, 1.165) is 11.4 Å². The summed E-state index contributed by atoms with van der Waals surface area (Å²) in [7, 11) is 0. The van der Waals surface area contributed by atoms with Crippen LogP contribution in [0.3, 0.4) is 0 Å². The van der Waals surface area contributed by atoms with Gasteiger partial charge in [0, 0.05) is 6.54 Å². The molecule has 0 aliphatic rings. The molecular weight excluding hydrogens is 269 g/mol. The summed E-state index contributed by atoms with van der Waals surface area (Å²) >= 11 is 0. The van der Waals surface area contributed by atoms with Gasteiger partial charge >= 0.3 is 0 Å². The van der Waals surface area contributed by atoms with Crippen LogP contribution in [0.1, 0.15) is 35.8 Å². The van der Waals surface area contributed by atoms with E-state index in [4.69, 9.17) is 0 Å². The molecule has 0 spiro atoms. The number of halogens is 1. The molecule has 0 fully saturated rings. The zero-order valence-corrected chi connectivity index (χ0v) is 12.1. The topological polar surface area (TPSA) is 46.9 Å². The number of rotatable bonds is 5. The molecule has 0 saturated carbocycles. The van der Waals surface area contributed by atoms with E-state index >= 15 is 0 Å². The molecule has 0 aliphatic heterocycles. The number of nitrogens with one attached hydrogen (secondary N) is 1. The van der Waals surface area contributed by atoms with Crippen molar-refractivity contribution < 1.29 is 9.18 Å². The maximum Gasteiger partial charge on any atom is 0.255 e. The largest absolute Gasteiger partial charge is 0.348 e. The Bertz CT molecular complexity index is 644. The number of benzene rings is 1. The Kier molecular flexibility index (Phi) is 4.52. The smallest absolute Gasteiger partial charge is 0.255 e. The third kappa shape index (κ3) is 3.18. The summed E-state index contributed by atoms with van der Waals surface area (Å²) < 4.78 is 14.7. The molecule has 0 bridgehead atoms. The van der Waals surface area contributed by atoms with Crippen LogP contribution in [-0.4, -0.2) is 22.2 Å². The second-order valence-electron chi connectivity index (χ2n) is 4.99. The maximum atomic E-state index is 13.0. The average molecular weight is 287 g/mol. The molecule has 110 valence electrons. The van der Waals surface area contributed by atoms with Gasteiger partial charge in [-0.3, -0.25) is 4.79 Å². The molecule has 0 radical (unpaired) electrons. The molecule has 0 atom stereocenters. The van der Waals surface area contributed by atoms with Crippen LogP contribution in [0, 0.1) is 5.82 Å². The lowest BCUT2D eigenvalue weighted by Crippen LogP contribution is -2.24. The standard InChI is InChI=1S/C16H18FN3O/c1-4-9-18-16(21)14-10-19-20(15(14)11(2)3)13-7-5-12(17)6-8-13/h4-8,10-11H,1,9H2,2-3H3,(H,18,21). The minimum atomic E-state index is -0.305. The molecule has 2 aromatic rings. The quantitative estimate of drug-likeness (QED) is 0.859. The van der Waals surface area contributed by atoms with Gasteiger partial charge < -0.3 is 5.32 Å². The summed E-state index contributed by atoms with van der Waals surface area (Å²) in [5.74, 6) is -0.394. The van der Waals surface area contributed by atoms with Crippen LogP contribution < -0.4 is 5.32 Å². The van der Waals surface area contributed by atoms with Crippen molar-refractivity contribution in [1.29, 1.82) is 0 Å². The molecule has 1 heterocycles. The first kappa shape index (κ1) is 15.0. The molecule has 4 nitrogen and oxygen atoms in total. The zero-order valence-electron chi connectivity index (χ0n) is 12.1. The third-order valence-electron chi connectivity index (χ3n) is 3.08. The lowest BCUT2D eigenvalue weighted by molar-refractivity contribution is 0.0956. The van der Waals surface area contributed by atoms with Gasteiger partial charge in [0.15, 0.2) is 0 Å². The van der Waals surface area contributed by atoms with Crippen molar-refractivity contribution in [2.45, 2.75) is 19.8 Å². The van der Waals surface area contributed by atoms with E-state index in [1.165, 1.54) is 18.3 Å². The van der Waals surface area contributed by atoms with Crippen molar-refractivity contribution in [2.75, 3.05) is 6.54 Å². The number of carbonyl (C=O) groups is 1. The molecule has 21 heavy (non-hydrogen) atoms. The number of amides is 1. The van der Waals surface area contributed by atoms with E-state index in [1.807, 2.05) is 13.8 Å². The molecule has 1 aromatic carbocycles. The fourth-order valence-electron chi connectivity index (χ4n) is 2.14. The summed E-state index contributed by atoms with van der Waals surface area (Å²) in [6.07, 6.45) is 3.16. The highest BCUT2D eigenvalue weighted by atomic mass is 19.1. The molecule has 2 rings (SSSR count). The number of hydrogen-bond acceptors (Lipinski definition) is 2. The van der Waals surface area contributed by atoms with E-state index in [0.29, 0.717) is 12.1 Å². The van der Waals surface area contributed by atoms with Gasteiger partial charge in [0.1, 0.15) is 5.82 Å². The fourth-order valence-corrected chi connectivity index (χ4v) is 2.14. The Morgan fingerprint density at radius 2 is 2.10 bits per heavy atom. The molecule has 1 aromatic heterocycles. The minimum absolute atomic E-state index is 0.0991. The fraction of sp³-hybridized carbons (Fsp3) is 0.250. The summed E-state index contributed by atoms with van der Waals surface area (Å²) in [6.45, 7) is 7.95. The van der Waals surface area contributed by atoms with E-state index in [9.17, 15) is 9.18 Å². The van der Waals surface area contributed by atoms with Gasteiger partial charge in [-0.05, 0) is 30.2 Å². The average Bonchev–Trinajstić information content (AvgIpc) is 2.90. The van der Waals surface area contributed by atoms with E-state index in [-0.39, 0.29) is 17.6 Å². The van der Waals surface area contributed by atoms with Crippen molar-refractivity contribution in [3.05, 3.63) is 60.2 Å². The van der Waals surface area contributed by atoms with Crippen molar-refractivity contribution in [2.24, 2.45) is 0 Å². The van der Waals surface area contributed by atoms with Gasteiger partial charge in [-0.15, -0.1) is 6.58 Å². The van der Waals surface area contributed by atoms with Crippen LogP contribution in [-0.2, 0) is 0 Å².